The van der Waals surface area contributed by atoms with E-state index in [1.54, 1.807) is 0 Å². The highest BCUT2D eigenvalue weighted by Gasteiger charge is 2.20. The van der Waals surface area contributed by atoms with Crippen LogP contribution in [0.3, 0.4) is 0 Å². The fourth-order valence-electron chi connectivity index (χ4n) is 1.04. The van der Waals surface area contributed by atoms with E-state index in [0.29, 0.717) is 5.56 Å². The van der Waals surface area contributed by atoms with E-state index in [0.717, 1.165) is 11.3 Å². The fraction of sp³-hybridized carbons (Fsp3) is 0.143. The number of hydrogen-bond acceptors (Lipinski definition) is 4. The molecule has 0 saturated carbocycles. The Morgan fingerprint density at radius 3 is 2.23 bits per heavy atom. The monoisotopic (exact) mass is 200 g/mol. The van der Waals surface area contributed by atoms with Gasteiger partial charge in [-0.1, -0.05) is 0 Å². The molecule has 0 atom stereocenters. The molecule has 1 amide bonds. The number of carbonyl (C=O) groups is 2. The lowest BCUT2D eigenvalue weighted by molar-refractivity contribution is 0.0698. The van der Waals surface area contributed by atoms with E-state index in [-0.39, 0.29) is 15.4 Å². The van der Waals surface area contributed by atoms with Gasteiger partial charge in [0.25, 0.3) is 5.91 Å². The number of carboxylic acid groups (broad SMARTS) is 1. The minimum Gasteiger partial charge on any atom is -0.478 e. The third kappa shape index (κ3) is 1.48. The van der Waals surface area contributed by atoms with Crippen LogP contribution < -0.4 is 11.5 Å². The van der Waals surface area contributed by atoms with E-state index in [4.69, 9.17) is 16.6 Å². The number of rotatable bonds is 2. The Kier molecular flexibility index (Phi) is 2.24. The molecule has 0 bridgehead atoms. The second-order valence-corrected chi connectivity index (χ2v) is 3.52. The summed E-state index contributed by atoms with van der Waals surface area (Å²) in [6, 6.07) is 0. The summed E-state index contributed by atoms with van der Waals surface area (Å²) in [7, 11) is 0. The van der Waals surface area contributed by atoms with Gasteiger partial charge in [-0.3, -0.25) is 4.79 Å². The summed E-state index contributed by atoms with van der Waals surface area (Å²) in [5, 5.41) is 8.83. The second-order valence-electron chi connectivity index (χ2n) is 2.46. The SMILES string of the molecule is Cc1c(C(N)=O)sc(N)c1C(=O)O. The van der Waals surface area contributed by atoms with Gasteiger partial charge < -0.3 is 16.6 Å². The van der Waals surface area contributed by atoms with E-state index in [1.165, 1.54) is 6.92 Å². The third-order valence-corrected chi connectivity index (χ3v) is 2.75. The Balaban J connectivity index is 3.39. The molecule has 0 radical (unpaired) electrons. The van der Waals surface area contributed by atoms with Crippen LogP contribution in [-0.2, 0) is 0 Å². The van der Waals surface area contributed by atoms with Crippen molar-refractivity contribution < 1.29 is 14.7 Å². The van der Waals surface area contributed by atoms with Gasteiger partial charge in [0.1, 0.15) is 5.00 Å². The minimum absolute atomic E-state index is 0.0289. The van der Waals surface area contributed by atoms with Gasteiger partial charge in [-0.15, -0.1) is 11.3 Å². The van der Waals surface area contributed by atoms with Gasteiger partial charge in [-0.05, 0) is 12.5 Å². The van der Waals surface area contributed by atoms with Crippen molar-refractivity contribution in [2.75, 3.05) is 5.73 Å². The van der Waals surface area contributed by atoms with Crippen LogP contribution in [-0.4, -0.2) is 17.0 Å². The summed E-state index contributed by atoms with van der Waals surface area (Å²) in [5.74, 6) is -1.79. The van der Waals surface area contributed by atoms with Crippen molar-refractivity contribution in [1.82, 2.24) is 0 Å². The van der Waals surface area contributed by atoms with Crippen molar-refractivity contribution in [3.63, 3.8) is 0 Å². The highest BCUT2D eigenvalue weighted by Crippen LogP contribution is 2.29. The number of nitrogens with two attached hydrogens (primary N) is 2. The number of primary amides is 1. The summed E-state index contributed by atoms with van der Waals surface area (Å²) in [6.07, 6.45) is 0. The fourth-order valence-corrected chi connectivity index (χ4v) is 1.95. The van der Waals surface area contributed by atoms with Gasteiger partial charge in [0.2, 0.25) is 0 Å². The Morgan fingerprint density at radius 2 is 2.00 bits per heavy atom. The lowest BCUT2D eigenvalue weighted by Crippen LogP contribution is -2.11. The molecule has 0 aliphatic heterocycles. The molecular formula is C7H8N2O3S. The first-order chi connectivity index (χ1) is 5.95. The molecule has 0 spiro atoms. The van der Waals surface area contributed by atoms with Crippen LogP contribution in [0.25, 0.3) is 0 Å². The molecule has 0 unspecified atom stereocenters. The topological polar surface area (TPSA) is 106 Å². The Labute approximate surface area is 78.0 Å². The second kappa shape index (κ2) is 3.06. The summed E-state index contributed by atoms with van der Waals surface area (Å²) >= 11 is 0.900. The Hall–Kier alpha value is -1.56. The normalized spacial score (nSPS) is 9.92. The third-order valence-electron chi connectivity index (χ3n) is 1.61. The molecular weight excluding hydrogens is 192 g/mol. The molecule has 0 fully saturated rings. The highest BCUT2D eigenvalue weighted by molar-refractivity contribution is 7.18. The zero-order valence-corrected chi connectivity index (χ0v) is 7.64. The highest BCUT2D eigenvalue weighted by atomic mass is 32.1. The van der Waals surface area contributed by atoms with Crippen LogP contribution in [0.1, 0.15) is 25.6 Å². The van der Waals surface area contributed by atoms with E-state index in [1.807, 2.05) is 0 Å². The zero-order valence-electron chi connectivity index (χ0n) is 6.83. The van der Waals surface area contributed by atoms with Crippen LogP contribution in [0.5, 0.6) is 0 Å². The first-order valence-electron chi connectivity index (χ1n) is 3.37. The summed E-state index contributed by atoms with van der Waals surface area (Å²) < 4.78 is 0. The predicted molar refractivity (Wildman–Crippen MR) is 48.9 cm³/mol. The van der Waals surface area contributed by atoms with E-state index in [2.05, 4.69) is 0 Å². The van der Waals surface area contributed by atoms with Crippen LogP contribution in [0.15, 0.2) is 0 Å². The number of anilines is 1. The van der Waals surface area contributed by atoms with Crippen molar-refractivity contribution in [2.45, 2.75) is 6.92 Å². The number of carboxylic acids is 1. The number of thiophene rings is 1. The van der Waals surface area contributed by atoms with Crippen molar-refractivity contribution in [2.24, 2.45) is 5.73 Å². The molecule has 1 aromatic heterocycles. The van der Waals surface area contributed by atoms with Gasteiger partial charge in [0.05, 0.1) is 10.4 Å². The zero-order chi connectivity index (χ0) is 10.2. The number of hydrogen-bond donors (Lipinski definition) is 3. The molecule has 1 aromatic rings. The maximum atomic E-state index is 10.8. The van der Waals surface area contributed by atoms with E-state index in [9.17, 15) is 9.59 Å². The molecule has 0 saturated heterocycles. The molecule has 1 heterocycles. The average Bonchev–Trinajstić information content (AvgIpc) is 2.26. The standard InChI is InChI=1S/C7H8N2O3S/c1-2-3(7(11)12)6(9)13-4(2)5(8)10/h9H2,1H3,(H2,8,10)(H,11,12). The van der Waals surface area contributed by atoms with Crippen LogP contribution in [0.4, 0.5) is 5.00 Å². The summed E-state index contributed by atoms with van der Waals surface area (Å²) in [4.78, 5) is 21.7. The molecule has 1 rings (SSSR count). The molecule has 5 nitrogen and oxygen atoms in total. The molecule has 0 aromatic carbocycles. The quantitative estimate of drug-likeness (QED) is 0.643. The van der Waals surface area contributed by atoms with E-state index < -0.39 is 11.9 Å². The first-order valence-corrected chi connectivity index (χ1v) is 4.18. The van der Waals surface area contributed by atoms with Crippen LogP contribution in [0, 0.1) is 6.92 Å². The summed E-state index contributed by atoms with van der Waals surface area (Å²) in [5.41, 5.74) is 10.7. The Bertz CT molecular complexity index is 383. The lowest BCUT2D eigenvalue weighted by atomic mass is 10.1. The summed E-state index contributed by atoms with van der Waals surface area (Å²) in [6.45, 7) is 1.51. The number of nitrogen functional groups attached to an aromatic ring is 1. The predicted octanol–water partition coefficient (Wildman–Crippen LogP) is 0.436. The van der Waals surface area contributed by atoms with Crippen molar-refractivity contribution >= 4 is 28.2 Å². The number of aromatic carboxylic acids is 1. The van der Waals surface area contributed by atoms with Gasteiger partial charge in [-0.2, -0.15) is 0 Å². The molecule has 0 aliphatic rings. The van der Waals surface area contributed by atoms with Crippen molar-refractivity contribution in [1.29, 1.82) is 0 Å². The molecule has 13 heavy (non-hydrogen) atoms. The number of amides is 1. The van der Waals surface area contributed by atoms with Crippen molar-refractivity contribution in [3.05, 3.63) is 16.0 Å². The molecule has 6 heteroatoms. The van der Waals surface area contributed by atoms with E-state index >= 15 is 0 Å². The minimum atomic E-state index is -1.14. The Morgan fingerprint density at radius 1 is 1.46 bits per heavy atom. The molecule has 0 aliphatic carbocycles. The van der Waals surface area contributed by atoms with Crippen LogP contribution in [0.2, 0.25) is 0 Å². The molecule has 5 N–H and O–H groups in total. The maximum Gasteiger partial charge on any atom is 0.338 e. The number of carbonyl (C=O) groups excluding carboxylic acids is 1. The maximum absolute atomic E-state index is 10.8. The van der Waals surface area contributed by atoms with Crippen LogP contribution >= 0.6 is 11.3 Å². The largest absolute Gasteiger partial charge is 0.478 e. The van der Waals surface area contributed by atoms with Gasteiger partial charge in [0, 0.05) is 0 Å². The smallest absolute Gasteiger partial charge is 0.338 e. The van der Waals surface area contributed by atoms with Gasteiger partial charge in [0.15, 0.2) is 0 Å². The first kappa shape index (κ1) is 9.53. The van der Waals surface area contributed by atoms with Gasteiger partial charge in [-0.25, -0.2) is 4.79 Å². The molecule has 70 valence electrons. The average molecular weight is 200 g/mol. The van der Waals surface area contributed by atoms with Crippen molar-refractivity contribution in [3.8, 4) is 0 Å². The van der Waals surface area contributed by atoms with Gasteiger partial charge >= 0.3 is 5.97 Å². The lowest BCUT2D eigenvalue weighted by Gasteiger charge is -1.93.